The van der Waals surface area contributed by atoms with Gasteiger partial charge in [-0.15, -0.1) is 0 Å². The van der Waals surface area contributed by atoms with Crippen molar-refractivity contribution < 1.29 is 19.5 Å². The summed E-state index contributed by atoms with van der Waals surface area (Å²) in [6.45, 7) is 1.20. The van der Waals surface area contributed by atoms with Crippen LogP contribution in [0.5, 0.6) is 0 Å². The topological polar surface area (TPSA) is 113 Å². The maximum Gasteiger partial charge on any atom is 0.305 e. The number of hydrogen-bond acceptors (Lipinski definition) is 4. The van der Waals surface area contributed by atoms with Crippen molar-refractivity contribution in [2.45, 2.75) is 38.1 Å². The minimum Gasteiger partial charge on any atom is -0.481 e. The molecule has 7 heteroatoms. The molecule has 2 aliphatic rings. The normalized spacial score (nSPS) is 24.8. The van der Waals surface area contributed by atoms with Crippen molar-refractivity contribution in [1.29, 1.82) is 0 Å². The van der Waals surface area contributed by atoms with Crippen molar-refractivity contribution in [2.24, 2.45) is 11.1 Å². The summed E-state index contributed by atoms with van der Waals surface area (Å²) >= 11 is 0. The van der Waals surface area contributed by atoms with Gasteiger partial charge in [0.15, 0.2) is 0 Å². The second kappa shape index (κ2) is 5.78. The molecule has 4 N–H and O–H groups in total. The Hall–Kier alpha value is -1.63. The Morgan fingerprint density at radius 1 is 1.45 bits per heavy atom. The standard InChI is InChI=1S/C13H21N3O4/c14-8-13(2-1-3-13)7-10(17)16-5-4-15-12(20)9(16)6-11(18)19/h9H,1-8,14H2,(H,15,20)(H,18,19). The maximum atomic E-state index is 12.4. The first-order chi connectivity index (χ1) is 9.47. The van der Waals surface area contributed by atoms with E-state index in [1.54, 1.807) is 0 Å². The van der Waals surface area contributed by atoms with E-state index in [1.165, 1.54) is 4.90 Å². The number of aliphatic carboxylic acids is 1. The molecule has 1 saturated carbocycles. The van der Waals surface area contributed by atoms with Gasteiger partial charge >= 0.3 is 5.97 Å². The largest absolute Gasteiger partial charge is 0.481 e. The molecular weight excluding hydrogens is 262 g/mol. The second-order valence-electron chi connectivity index (χ2n) is 5.73. The van der Waals surface area contributed by atoms with Gasteiger partial charge in [-0.1, -0.05) is 6.42 Å². The van der Waals surface area contributed by atoms with Crippen molar-refractivity contribution in [3.63, 3.8) is 0 Å². The van der Waals surface area contributed by atoms with Crippen LogP contribution in [0, 0.1) is 5.41 Å². The molecule has 0 radical (unpaired) electrons. The molecule has 2 rings (SSSR count). The first-order valence-electron chi connectivity index (χ1n) is 6.96. The van der Waals surface area contributed by atoms with E-state index in [2.05, 4.69) is 5.32 Å². The highest BCUT2D eigenvalue weighted by Gasteiger charge is 2.41. The third kappa shape index (κ3) is 2.92. The molecule has 112 valence electrons. The smallest absolute Gasteiger partial charge is 0.305 e. The Labute approximate surface area is 117 Å². The number of carbonyl (C=O) groups is 3. The third-order valence-electron chi connectivity index (χ3n) is 4.39. The minimum atomic E-state index is -1.08. The third-order valence-corrected chi connectivity index (χ3v) is 4.39. The summed E-state index contributed by atoms with van der Waals surface area (Å²) in [7, 11) is 0. The number of carboxylic acids is 1. The number of nitrogens with two attached hydrogens (primary N) is 1. The fourth-order valence-electron chi connectivity index (χ4n) is 2.93. The van der Waals surface area contributed by atoms with Gasteiger partial charge in [0.25, 0.3) is 0 Å². The predicted molar refractivity (Wildman–Crippen MR) is 70.7 cm³/mol. The Morgan fingerprint density at radius 3 is 2.65 bits per heavy atom. The quantitative estimate of drug-likeness (QED) is 0.618. The van der Waals surface area contributed by atoms with Crippen LogP contribution < -0.4 is 11.1 Å². The molecule has 1 heterocycles. The Morgan fingerprint density at radius 2 is 2.15 bits per heavy atom. The van der Waals surface area contributed by atoms with Crippen molar-refractivity contribution in [3.05, 3.63) is 0 Å². The molecule has 2 fully saturated rings. The first kappa shape index (κ1) is 14.8. The minimum absolute atomic E-state index is 0.140. The molecule has 0 aromatic rings. The van der Waals surface area contributed by atoms with Gasteiger partial charge in [0.2, 0.25) is 11.8 Å². The number of piperazine rings is 1. The van der Waals surface area contributed by atoms with E-state index in [1.807, 2.05) is 0 Å². The van der Waals surface area contributed by atoms with Gasteiger partial charge in [0.1, 0.15) is 6.04 Å². The van der Waals surface area contributed by atoms with Crippen molar-refractivity contribution in [3.8, 4) is 0 Å². The monoisotopic (exact) mass is 283 g/mol. The molecule has 0 aromatic heterocycles. The van der Waals surface area contributed by atoms with E-state index in [-0.39, 0.29) is 23.7 Å². The first-order valence-corrected chi connectivity index (χ1v) is 6.96. The lowest BCUT2D eigenvalue weighted by molar-refractivity contribution is -0.150. The number of hydrogen-bond donors (Lipinski definition) is 3. The lowest BCUT2D eigenvalue weighted by atomic mass is 9.66. The number of nitrogens with one attached hydrogen (secondary N) is 1. The van der Waals surface area contributed by atoms with Crippen LogP contribution in [0.2, 0.25) is 0 Å². The zero-order valence-electron chi connectivity index (χ0n) is 11.4. The average Bonchev–Trinajstić information content (AvgIpc) is 2.35. The van der Waals surface area contributed by atoms with E-state index in [0.29, 0.717) is 26.1 Å². The van der Waals surface area contributed by atoms with Crippen LogP contribution in [0.25, 0.3) is 0 Å². The van der Waals surface area contributed by atoms with Gasteiger partial charge in [-0.05, 0) is 24.8 Å². The Bertz CT molecular complexity index is 414. The van der Waals surface area contributed by atoms with E-state index < -0.39 is 12.0 Å². The lowest BCUT2D eigenvalue weighted by Crippen LogP contribution is -2.58. The van der Waals surface area contributed by atoms with Crippen LogP contribution >= 0.6 is 0 Å². The van der Waals surface area contributed by atoms with Gasteiger partial charge in [-0.2, -0.15) is 0 Å². The Kier molecular flexibility index (Phi) is 4.27. The van der Waals surface area contributed by atoms with Crippen molar-refractivity contribution in [2.75, 3.05) is 19.6 Å². The van der Waals surface area contributed by atoms with Gasteiger partial charge in [-0.25, -0.2) is 0 Å². The van der Waals surface area contributed by atoms with Gasteiger partial charge in [0.05, 0.1) is 6.42 Å². The molecule has 0 bridgehead atoms. The molecule has 1 unspecified atom stereocenters. The molecule has 1 aliphatic heterocycles. The molecule has 7 nitrogen and oxygen atoms in total. The van der Waals surface area contributed by atoms with Crippen LogP contribution in [-0.4, -0.2) is 53.5 Å². The molecule has 1 aliphatic carbocycles. The van der Waals surface area contributed by atoms with E-state index >= 15 is 0 Å². The van der Waals surface area contributed by atoms with Crippen LogP contribution in [0.15, 0.2) is 0 Å². The van der Waals surface area contributed by atoms with Crippen molar-refractivity contribution >= 4 is 17.8 Å². The summed E-state index contributed by atoms with van der Waals surface area (Å²) in [6, 6.07) is -0.899. The van der Waals surface area contributed by atoms with E-state index in [0.717, 1.165) is 19.3 Å². The summed E-state index contributed by atoms with van der Waals surface area (Å²) in [5.41, 5.74) is 5.61. The molecule has 2 amide bonds. The zero-order valence-corrected chi connectivity index (χ0v) is 11.4. The van der Waals surface area contributed by atoms with Crippen LogP contribution in [0.4, 0.5) is 0 Å². The highest BCUT2D eigenvalue weighted by molar-refractivity contribution is 5.91. The second-order valence-corrected chi connectivity index (χ2v) is 5.73. The highest BCUT2D eigenvalue weighted by atomic mass is 16.4. The molecule has 20 heavy (non-hydrogen) atoms. The zero-order chi connectivity index (χ0) is 14.8. The summed E-state index contributed by atoms with van der Waals surface area (Å²) in [4.78, 5) is 36.4. The summed E-state index contributed by atoms with van der Waals surface area (Å²) in [5, 5.41) is 11.5. The van der Waals surface area contributed by atoms with E-state index in [9.17, 15) is 14.4 Å². The highest BCUT2D eigenvalue weighted by Crippen LogP contribution is 2.43. The number of carbonyl (C=O) groups excluding carboxylic acids is 2. The fraction of sp³-hybridized carbons (Fsp3) is 0.769. The lowest BCUT2D eigenvalue weighted by Gasteiger charge is -2.43. The summed E-state index contributed by atoms with van der Waals surface area (Å²) in [6.07, 6.45) is 2.89. The van der Waals surface area contributed by atoms with Crippen LogP contribution in [0.3, 0.4) is 0 Å². The van der Waals surface area contributed by atoms with Crippen LogP contribution in [-0.2, 0) is 14.4 Å². The summed E-state index contributed by atoms with van der Waals surface area (Å²) in [5.74, 6) is -1.62. The molecule has 1 saturated heterocycles. The van der Waals surface area contributed by atoms with Crippen LogP contribution in [0.1, 0.15) is 32.1 Å². The number of amides is 2. The number of nitrogens with zero attached hydrogens (tertiary/aromatic N) is 1. The molecule has 1 atom stereocenters. The molecule has 0 aromatic carbocycles. The van der Waals surface area contributed by atoms with Gasteiger partial charge in [-0.3, -0.25) is 14.4 Å². The summed E-state index contributed by atoms with van der Waals surface area (Å²) < 4.78 is 0. The average molecular weight is 283 g/mol. The molecular formula is C13H21N3O4. The van der Waals surface area contributed by atoms with Gasteiger partial charge in [0, 0.05) is 19.5 Å². The fourth-order valence-corrected chi connectivity index (χ4v) is 2.93. The van der Waals surface area contributed by atoms with Gasteiger partial charge < -0.3 is 21.1 Å². The van der Waals surface area contributed by atoms with Crippen molar-refractivity contribution in [1.82, 2.24) is 10.2 Å². The molecule has 0 spiro atoms. The van der Waals surface area contributed by atoms with E-state index in [4.69, 9.17) is 10.8 Å². The SMILES string of the molecule is NCC1(CC(=O)N2CCNC(=O)C2CC(=O)O)CCC1. The predicted octanol–water partition coefficient (Wildman–Crippen LogP) is -0.693. The Balaban J connectivity index is 2.05. The number of carboxylic acid groups (broad SMARTS) is 1. The number of rotatable bonds is 5. The maximum absolute atomic E-state index is 12.4.